The van der Waals surface area contributed by atoms with Gasteiger partial charge in [0.1, 0.15) is 0 Å². The molecular formula is C19H25ClN4. The van der Waals surface area contributed by atoms with Crippen molar-refractivity contribution in [2.75, 3.05) is 16.3 Å². The van der Waals surface area contributed by atoms with Gasteiger partial charge >= 0.3 is 0 Å². The first-order chi connectivity index (χ1) is 11.5. The quantitative estimate of drug-likeness (QED) is 0.886. The Bertz CT molecular complexity index is 686. The maximum Gasteiger partial charge on any atom is 0.0832 e. The molecule has 0 aliphatic carbocycles. The van der Waals surface area contributed by atoms with Crippen LogP contribution in [0.2, 0.25) is 5.02 Å². The largest absolute Gasteiger partial charge is 0.339 e. The fourth-order valence-corrected chi connectivity index (χ4v) is 3.59. The number of hydrogen-bond acceptors (Lipinski definition) is 4. The second-order valence-corrected chi connectivity index (χ2v) is 6.82. The number of nitrogens with two attached hydrogens (primary N) is 2. The van der Waals surface area contributed by atoms with E-state index in [0.29, 0.717) is 5.92 Å². The SMILES string of the molecule is CCC1CN(c2ccc(Cl)cc2)c2ccccc2N(C(C)N)C1N. The van der Waals surface area contributed by atoms with E-state index >= 15 is 0 Å². The molecule has 4 N–H and O–H groups in total. The summed E-state index contributed by atoms with van der Waals surface area (Å²) in [5.74, 6) is 0.305. The number of fused-ring (bicyclic) bond motifs is 1. The standard InChI is InChI=1S/C19H25ClN4/c1-3-14-12-23(16-10-8-15(20)9-11-16)17-6-4-5-7-18(17)24(13(2)21)19(14)22/h4-11,13-14,19H,3,12,21-22H2,1-2H3. The Morgan fingerprint density at radius 1 is 1.12 bits per heavy atom. The summed E-state index contributed by atoms with van der Waals surface area (Å²) in [6, 6.07) is 16.3. The highest BCUT2D eigenvalue weighted by Gasteiger charge is 2.33. The summed E-state index contributed by atoms with van der Waals surface area (Å²) in [5.41, 5.74) is 16.2. The van der Waals surface area contributed by atoms with Crippen LogP contribution < -0.4 is 21.3 Å². The number of benzene rings is 2. The minimum Gasteiger partial charge on any atom is -0.339 e. The van der Waals surface area contributed by atoms with Gasteiger partial charge in [0.05, 0.1) is 23.7 Å². The van der Waals surface area contributed by atoms with E-state index in [-0.39, 0.29) is 12.3 Å². The van der Waals surface area contributed by atoms with Crippen molar-refractivity contribution in [1.82, 2.24) is 0 Å². The molecule has 1 heterocycles. The average Bonchev–Trinajstić information content (AvgIpc) is 2.69. The van der Waals surface area contributed by atoms with Crippen LogP contribution in [0.15, 0.2) is 48.5 Å². The Labute approximate surface area is 149 Å². The predicted molar refractivity (Wildman–Crippen MR) is 103 cm³/mol. The molecule has 0 radical (unpaired) electrons. The lowest BCUT2D eigenvalue weighted by Gasteiger charge is -2.36. The van der Waals surface area contributed by atoms with Gasteiger partial charge < -0.3 is 21.3 Å². The van der Waals surface area contributed by atoms with Gasteiger partial charge in [0.25, 0.3) is 0 Å². The van der Waals surface area contributed by atoms with Gasteiger partial charge in [-0.15, -0.1) is 0 Å². The van der Waals surface area contributed by atoms with Crippen molar-refractivity contribution in [3.05, 3.63) is 53.6 Å². The normalized spacial score (nSPS) is 22.0. The van der Waals surface area contributed by atoms with Crippen molar-refractivity contribution < 1.29 is 0 Å². The molecule has 0 bridgehead atoms. The van der Waals surface area contributed by atoms with E-state index in [2.05, 4.69) is 47.1 Å². The van der Waals surface area contributed by atoms with Gasteiger partial charge in [0.15, 0.2) is 0 Å². The number of anilines is 3. The zero-order valence-corrected chi connectivity index (χ0v) is 14.9. The van der Waals surface area contributed by atoms with Crippen LogP contribution in [0.3, 0.4) is 0 Å². The van der Waals surface area contributed by atoms with Crippen molar-refractivity contribution in [2.45, 2.75) is 32.6 Å². The van der Waals surface area contributed by atoms with E-state index in [1.807, 2.05) is 25.1 Å². The summed E-state index contributed by atoms with van der Waals surface area (Å²) in [6.07, 6.45) is 0.719. The van der Waals surface area contributed by atoms with Gasteiger partial charge in [-0.05, 0) is 49.7 Å². The fraction of sp³-hybridized carbons (Fsp3) is 0.368. The van der Waals surface area contributed by atoms with Gasteiger partial charge in [-0.3, -0.25) is 0 Å². The summed E-state index contributed by atoms with van der Waals surface area (Å²) in [6.45, 7) is 5.01. The monoisotopic (exact) mass is 344 g/mol. The first-order valence-corrected chi connectivity index (χ1v) is 8.82. The Morgan fingerprint density at radius 3 is 2.33 bits per heavy atom. The Hall–Kier alpha value is -1.75. The number of nitrogens with zero attached hydrogens (tertiary/aromatic N) is 2. The number of halogens is 1. The lowest BCUT2D eigenvalue weighted by molar-refractivity contribution is 0.386. The summed E-state index contributed by atoms with van der Waals surface area (Å²) in [4.78, 5) is 4.46. The summed E-state index contributed by atoms with van der Waals surface area (Å²) >= 11 is 6.06. The first-order valence-electron chi connectivity index (χ1n) is 8.44. The molecule has 0 saturated heterocycles. The Balaban J connectivity index is 2.14. The summed E-state index contributed by atoms with van der Waals surface area (Å²) < 4.78 is 0. The van der Waals surface area contributed by atoms with Gasteiger partial charge in [0.2, 0.25) is 0 Å². The second-order valence-electron chi connectivity index (χ2n) is 6.38. The molecule has 0 amide bonds. The highest BCUT2D eigenvalue weighted by atomic mass is 35.5. The molecule has 0 aromatic heterocycles. The van der Waals surface area contributed by atoms with Crippen molar-refractivity contribution in [3.63, 3.8) is 0 Å². The van der Waals surface area contributed by atoms with Gasteiger partial charge in [0, 0.05) is 23.2 Å². The molecule has 3 unspecified atom stereocenters. The van der Waals surface area contributed by atoms with Crippen molar-refractivity contribution in [1.29, 1.82) is 0 Å². The van der Waals surface area contributed by atoms with E-state index in [4.69, 9.17) is 23.1 Å². The smallest absolute Gasteiger partial charge is 0.0832 e. The van der Waals surface area contributed by atoms with E-state index in [0.717, 1.165) is 35.1 Å². The van der Waals surface area contributed by atoms with Crippen molar-refractivity contribution >= 4 is 28.7 Å². The number of hydrogen-bond donors (Lipinski definition) is 2. The van der Waals surface area contributed by atoms with Crippen LogP contribution in [-0.2, 0) is 0 Å². The third-order valence-corrected chi connectivity index (χ3v) is 5.03. The number of rotatable bonds is 3. The minimum atomic E-state index is -0.152. The van der Waals surface area contributed by atoms with Crippen LogP contribution in [0.1, 0.15) is 20.3 Å². The van der Waals surface area contributed by atoms with E-state index in [1.54, 1.807) is 0 Å². The molecule has 2 aromatic carbocycles. The molecule has 24 heavy (non-hydrogen) atoms. The summed E-state index contributed by atoms with van der Waals surface area (Å²) in [7, 11) is 0. The topological polar surface area (TPSA) is 58.5 Å². The van der Waals surface area contributed by atoms with E-state index < -0.39 is 0 Å². The Morgan fingerprint density at radius 2 is 1.75 bits per heavy atom. The van der Waals surface area contributed by atoms with Gasteiger partial charge in [-0.2, -0.15) is 0 Å². The van der Waals surface area contributed by atoms with E-state index in [9.17, 15) is 0 Å². The molecule has 1 aliphatic heterocycles. The third-order valence-electron chi connectivity index (χ3n) is 4.77. The minimum absolute atomic E-state index is 0.117. The molecule has 0 spiro atoms. The van der Waals surface area contributed by atoms with Gasteiger partial charge in [-0.1, -0.05) is 30.7 Å². The maximum atomic E-state index is 6.61. The van der Waals surface area contributed by atoms with Crippen LogP contribution in [0.5, 0.6) is 0 Å². The molecule has 3 atom stereocenters. The Kier molecular flexibility index (Phi) is 4.99. The molecule has 2 aromatic rings. The lowest BCUT2D eigenvalue weighted by Crippen LogP contribution is -2.54. The molecule has 0 fully saturated rings. The maximum absolute atomic E-state index is 6.61. The second kappa shape index (κ2) is 7.01. The molecule has 1 aliphatic rings. The average molecular weight is 345 g/mol. The van der Waals surface area contributed by atoms with E-state index in [1.165, 1.54) is 0 Å². The zero-order chi connectivity index (χ0) is 17.3. The van der Waals surface area contributed by atoms with Gasteiger partial charge in [-0.25, -0.2) is 0 Å². The highest BCUT2D eigenvalue weighted by molar-refractivity contribution is 6.30. The van der Waals surface area contributed by atoms with Crippen LogP contribution >= 0.6 is 11.6 Å². The molecule has 4 nitrogen and oxygen atoms in total. The first kappa shape index (κ1) is 17.1. The predicted octanol–water partition coefficient (Wildman–Crippen LogP) is 3.91. The third kappa shape index (κ3) is 3.09. The highest BCUT2D eigenvalue weighted by Crippen LogP contribution is 2.40. The molecule has 0 saturated carbocycles. The zero-order valence-electron chi connectivity index (χ0n) is 14.2. The fourth-order valence-electron chi connectivity index (χ4n) is 3.47. The van der Waals surface area contributed by atoms with Crippen LogP contribution in [0.25, 0.3) is 0 Å². The molecule has 128 valence electrons. The van der Waals surface area contributed by atoms with Crippen LogP contribution in [-0.4, -0.2) is 18.9 Å². The molecular weight excluding hydrogens is 320 g/mol. The van der Waals surface area contributed by atoms with Crippen molar-refractivity contribution in [3.8, 4) is 0 Å². The lowest BCUT2D eigenvalue weighted by atomic mass is 10.0. The molecule has 3 rings (SSSR count). The van der Waals surface area contributed by atoms with Crippen molar-refractivity contribution in [2.24, 2.45) is 17.4 Å². The molecule has 5 heteroatoms. The summed E-state index contributed by atoms with van der Waals surface area (Å²) in [5, 5.41) is 0.739. The van der Waals surface area contributed by atoms with Crippen LogP contribution in [0, 0.1) is 5.92 Å². The number of para-hydroxylation sites is 2. The van der Waals surface area contributed by atoms with Crippen LogP contribution in [0.4, 0.5) is 17.1 Å².